The summed E-state index contributed by atoms with van der Waals surface area (Å²) < 4.78 is 5.35. The van der Waals surface area contributed by atoms with Crippen LogP contribution in [0.25, 0.3) is 0 Å². The van der Waals surface area contributed by atoms with E-state index in [1.807, 2.05) is 30.3 Å². The topological polar surface area (TPSA) is 118 Å². The summed E-state index contributed by atoms with van der Waals surface area (Å²) >= 11 is 1.29. The van der Waals surface area contributed by atoms with Gasteiger partial charge < -0.3 is 15.0 Å². The van der Waals surface area contributed by atoms with Crippen molar-refractivity contribution in [3.8, 4) is 0 Å². The predicted molar refractivity (Wildman–Crippen MR) is 109 cm³/mol. The molecule has 0 radical (unpaired) electrons. The Morgan fingerprint density at radius 2 is 2.07 bits per heavy atom. The van der Waals surface area contributed by atoms with Gasteiger partial charge in [0.05, 0.1) is 6.20 Å². The van der Waals surface area contributed by atoms with Crippen LogP contribution in [0.5, 0.6) is 0 Å². The van der Waals surface area contributed by atoms with Crippen LogP contribution in [0.4, 0.5) is 16.1 Å². The summed E-state index contributed by atoms with van der Waals surface area (Å²) in [6, 6.07) is 9.51. The number of amides is 1. The fourth-order valence-electron chi connectivity index (χ4n) is 3.17. The van der Waals surface area contributed by atoms with Gasteiger partial charge in [-0.2, -0.15) is 0 Å². The average molecular weight is 412 g/mol. The quantitative estimate of drug-likeness (QED) is 0.598. The highest BCUT2D eigenvalue weighted by Gasteiger charge is 2.25. The maximum Gasteiger partial charge on any atom is 0.259 e. The minimum Gasteiger partial charge on any atom is -0.367 e. The SMILES string of the molecule is CO[C@H](C(=O)Nc1nnc(N[C@@H]2CCN(c3cncnn3)C2)s1)c1ccccc1. The third-order valence-corrected chi connectivity index (χ3v) is 5.31. The standard InChI is InChI=1S/C18H20N8O2S/c1-28-15(12-5-3-2-4-6-12)16(27)22-18-25-24-17(29-18)21-13-7-8-26(10-13)14-9-19-11-20-23-14/h2-6,9,11,13,15H,7-8,10H2,1H3,(H,21,24)(H,22,25,27)/t13-,15+/m1/s1. The van der Waals surface area contributed by atoms with Crippen LogP contribution < -0.4 is 15.5 Å². The van der Waals surface area contributed by atoms with E-state index in [1.54, 1.807) is 6.20 Å². The Bertz CT molecular complexity index is 939. The van der Waals surface area contributed by atoms with Gasteiger partial charge in [0, 0.05) is 26.2 Å². The number of nitrogens with one attached hydrogen (secondary N) is 2. The maximum absolute atomic E-state index is 12.6. The Labute approximate surface area is 171 Å². The molecular formula is C18H20N8O2S. The highest BCUT2D eigenvalue weighted by Crippen LogP contribution is 2.26. The fourth-order valence-corrected chi connectivity index (χ4v) is 3.90. The zero-order valence-corrected chi connectivity index (χ0v) is 16.5. The summed E-state index contributed by atoms with van der Waals surface area (Å²) in [6.45, 7) is 1.62. The summed E-state index contributed by atoms with van der Waals surface area (Å²) in [5, 5.41) is 23.3. The van der Waals surface area contributed by atoms with Crippen LogP contribution in [0.15, 0.2) is 42.9 Å². The molecule has 0 unspecified atom stereocenters. The average Bonchev–Trinajstić information content (AvgIpc) is 3.40. The molecule has 0 aliphatic carbocycles. The summed E-state index contributed by atoms with van der Waals surface area (Å²) in [5.41, 5.74) is 0.778. The van der Waals surface area contributed by atoms with E-state index in [0.29, 0.717) is 10.3 Å². The number of hydrogen-bond acceptors (Lipinski definition) is 10. The number of aromatic nitrogens is 5. The van der Waals surface area contributed by atoms with Crippen molar-refractivity contribution < 1.29 is 9.53 Å². The molecule has 1 aliphatic heterocycles. The van der Waals surface area contributed by atoms with E-state index in [4.69, 9.17) is 4.74 Å². The van der Waals surface area contributed by atoms with Gasteiger partial charge in [-0.1, -0.05) is 41.7 Å². The fraction of sp³-hybridized carbons (Fsp3) is 0.333. The van der Waals surface area contributed by atoms with E-state index in [0.717, 1.165) is 30.9 Å². The Morgan fingerprint density at radius 1 is 1.24 bits per heavy atom. The van der Waals surface area contributed by atoms with E-state index in [1.165, 1.54) is 24.8 Å². The number of anilines is 3. The summed E-state index contributed by atoms with van der Waals surface area (Å²) in [7, 11) is 1.50. The van der Waals surface area contributed by atoms with Crippen LogP contribution in [0.2, 0.25) is 0 Å². The number of carbonyl (C=O) groups excluding carboxylic acids is 1. The molecule has 4 rings (SSSR count). The number of hydrogen-bond donors (Lipinski definition) is 2. The lowest BCUT2D eigenvalue weighted by Gasteiger charge is -2.16. The van der Waals surface area contributed by atoms with Crippen molar-refractivity contribution in [1.29, 1.82) is 0 Å². The maximum atomic E-state index is 12.6. The van der Waals surface area contributed by atoms with Crippen molar-refractivity contribution in [2.45, 2.75) is 18.6 Å². The van der Waals surface area contributed by atoms with Gasteiger partial charge in [0.25, 0.3) is 5.91 Å². The zero-order valence-electron chi connectivity index (χ0n) is 15.7. The first-order chi connectivity index (χ1) is 14.2. The van der Waals surface area contributed by atoms with E-state index < -0.39 is 6.10 Å². The second kappa shape index (κ2) is 8.88. The lowest BCUT2D eigenvalue weighted by molar-refractivity contribution is -0.126. The summed E-state index contributed by atoms with van der Waals surface area (Å²) in [4.78, 5) is 18.7. The van der Waals surface area contributed by atoms with Crippen molar-refractivity contribution in [2.75, 3.05) is 35.7 Å². The molecule has 0 bridgehead atoms. The van der Waals surface area contributed by atoms with Gasteiger partial charge >= 0.3 is 0 Å². The third kappa shape index (κ3) is 4.63. The molecule has 0 saturated carbocycles. The minimum absolute atomic E-state index is 0.199. The first kappa shape index (κ1) is 19.2. The van der Waals surface area contributed by atoms with Crippen LogP contribution in [0.3, 0.4) is 0 Å². The highest BCUT2D eigenvalue weighted by molar-refractivity contribution is 7.19. The molecule has 1 saturated heterocycles. The van der Waals surface area contributed by atoms with Crippen molar-refractivity contribution in [3.05, 3.63) is 48.4 Å². The van der Waals surface area contributed by atoms with Crippen LogP contribution in [0.1, 0.15) is 18.1 Å². The molecule has 150 valence electrons. The lowest BCUT2D eigenvalue weighted by atomic mass is 10.1. The summed E-state index contributed by atoms with van der Waals surface area (Å²) in [6.07, 6.45) is 3.34. The van der Waals surface area contributed by atoms with Gasteiger partial charge in [-0.05, 0) is 12.0 Å². The van der Waals surface area contributed by atoms with Gasteiger partial charge in [-0.3, -0.25) is 10.1 Å². The molecule has 2 N–H and O–H groups in total. The van der Waals surface area contributed by atoms with Crippen LogP contribution >= 0.6 is 11.3 Å². The van der Waals surface area contributed by atoms with Crippen LogP contribution in [-0.2, 0) is 9.53 Å². The molecule has 2 atom stereocenters. The molecule has 1 aliphatic rings. The van der Waals surface area contributed by atoms with Gasteiger partial charge in [0.15, 0.2) is 11.9 Å². The molecule has 1 aromatic carbocycles. The van der Waals surface area contributed by atoms with Crippen molar-refractivity contribution in [2.24, 2.45) is 0 Å². The predicted octanol–water partition coefficient (Wildman–Crippen LogP) is 1.74. The molecule has 0 spiro atoms. The number of methoxy groups -OCH3 is 1. The Morgan fingerprint density at radius 3 is 2.83 bits per heavy atom. The van der Waals surface area contributed by atoms with E-state index in [-0.39, 0.29) is 11.9 Å². The number of rotatable bonds is 7. The van der Waals surface area contributed by atoms with Crippen molar-refractivity contribution >= 4 is 33.3 Å². The minimum atomic E-state index is -0.708. The second-order valence-electron chi connectivity index (χ2n) is 6.47. The molecule has 1 amide bonds. The number of benzene rings is 1. The largest absolute Gasteiger partial charge is 0.367 e. The molecular weight excluding hydrogens is 392 g/mol. The Kier molecular flexibility index (Phi) is 5.86. The molecule has 3 aromatic rings. The van der Waals surface area contributed by atoms with Gasteiger partial charge in [0.1, 0.15) is 6.33 Å². The Balaban J connectivity index is 1.33. The van der Waals surface area contributed by atoms with Crippen molar-refractivity contribution in [3.63, 3.8) is 0 Å². The number of ether oxygens (including phenoxy) is 1. The normalized spacial score (nSPS) is 17.1. The first-order valence-corrected chi connectivity index (χ1v) is 9.91. The Hall–Kier alpha value is -3.18. The lowest BCUT2D eigenvalue weighted by Crippen LogP contribution is -2.26. The molecule has 3 heterocycles. The molecule has 29 heavy (non-hydrogen) atoms. The van der Waals surface area contributed by atoms with Gasteiger partial charge in [0.2, 0.25) is 10.3 Å². The first-order valence-electron chi connectivity index (χ1n) is 9.09. The second-order valence-corrected chi connectivity index (χ2v) is 7.45. The summed E-state index contributed by atoms with van der Waals surface area (Å²) in [5.74, 6) is 0.470. The highest BCUT2D eigenvalue weighted by atomic mass is 32.1. The molecule has 2 aromatic heterocycles. The van der Waals surface area contributed by atoms with E-state index >= 15 is 0 Å². The van der Waals surface area contributed by atoms with Crippen LogP contribution in [-0.4, -0.2) is 57.5 Å². The van der Waals surface area contributed by atoms with Crippen molar-refractivity contribution in [1.82, 2.24) is 25.4 Å². The third-order valence-electron chi connectivity index (χ3n) is 4.54. The van der Waals surface area contributed by atoms with E-state index in [9.17, 15) is 4.79 Å². The smallest absolute Gasteiger partial charge is 0.259 e. The number of carbonyl (C=O) groups is 1. The monoisotopic (exact) mass is 412 g/mol. The molecule has 10 nitrogen and oxygen atoms in total. The van der Waals surface area contributed by atoms with Crippen LogP contribution in [0, 0.1) is 0 Å². The molecule has 11 heteroatoms. The van der Waals surface area contributed by atoms with E-state index in [2.05, 4.69) is 40.9 Å². The van der Waals surface area contributed by atoms with Gasteiger partial charge in [-0.15, -0.1) is 20.4 Å². The van der Waals surface area contributed by atoms with Gasteiger partial charge in [-0.25, -0.2) is 4.98 Å². The number of nitrogens with zero attached hydrogens (tertiary/aromatic N) is 6. The molecule has 1 fully saturated rings. The zero-order chi connectivity index (χ0) is 20.1.